The first-order valence-corrected chi connectivity index (χ1v) is 10.2. The van der Waals surface area contributed by atoms with Crippen molar-refractivity contribution in [3.05, 3.63) is 65.7 Å². The lowest BCUT2D eigenvalue weighted by Crippen LogP contribution is -2.42. The third kappa shape index (κ3) is 4.30. The lowest BCUT2D eigenvalue weighted by atomic mass is 9.90. The second-order valence-electron chi connectivity index (χ2n) is 7.65. The Morgan fingerprint density at radius 2 is 1.66 bits per heavy atom. The van der Waals surface area contributed by atoms with Crippen molar-refractivity contribution in [3.8, 4) is 11.5 Å². The maximum absolute atomic E-state index is 13.1. The topological polar surface area (TPSA) is 50.8 Å². The van der Waals surface area contributed by atoms with Crippen molar-refractivity contribution in [2.24, 2.45) is 5.92 Å². The predicted molar refractivity (Wildman–Crippen MR) is 114 cm³/mol. The zero-order chi connectivity index (χ0) is 20.2. The molecule has 2 aliphatic rings. The number of rotatable bonds is 6. The third-order valence-electron chi connectivity index (χ3n) is 5.92. The van der Waals surface area contributed by atoms with Gasteiger partial charge in [-0.25, -0.2) is 0 Å². The van der Waals surface area contributed by atoms with Crippen molar-refractivity contribution in [2.45, 2.75) is 25.4 Å². The number of carbonyl (C=O) groups excluding carboxylic acids is 1. The van der Waals surface area contributed by atoms with Crippen LogP contribution in [0.2, 0.25) is 0 Å². The van der Waals surface area contributed by atoms with Crippen LogP contribution in [0.5, 0.6) is 11.5 Å². The van der Waals surface area contributed by atoms with Crippen molar-refractivity contribution in [2.75, 3.05) is 27.3 Å². The molecule has 0 aliphatic carbocycles. The first kappa shape index (κ1) is 19.5. The molecule has 2 unspecified atom stereocenters. The molecule has 0 aromatic heterocycles. The monoisotopic (exact) mass is 392 g/mol. The summed E-state index contributed by atoms with van der Waals surface area (Å²) in [7, 11) is 3.34. The fourth-order valence-electron chi connectivity index (χ4n) is 4.24. The minimum absolute atomic E-state index is 0.00166. The molecule has 2 aliphatic heterocycles. The lowest BCUT2D eigenvalue weighted by molar-refractivity contribution is -0.131. The third-order valence-corrected chi connectivity index (χ3v) is 5.92. The van der Waals surface area contributed by atoms with Crippen LogP contribution in [0.15, 0.2) is 54.6 Å². The molecule has 0 spiro atoms. The molecule has 1 N–H and O–H groups in total. The summed E-state index contributed by atoms with van der Waals surface area (Å²) < 4.78 is 10.5. The predicted octanol–water partition coefficient (Wildman–Crippen LogP) is 3.50. The molecule has 1 amide bonds. The Bertz CT molecular complexity index is 874. The quantitative estimate of drug-likeness (QED) is 0.818. The largest absolute Gasteiger partial charge is 0.497 e. The molecule has 2 heterocycles. The van der Waals surface area contributed by atoms with E-state index in [1.165, 1.54) is 11.1 Å². The fourth-order valence-corrected chi connectivity index (χ4v) is 4.24. The Balaban J connectivity index is 1.44. The smallest absolute Gasteiger partial charge is 0.227 e. The highest BCUT2D eigenvalue weighted by Crippen LogP contribution is 2.30. The van der Waals surface area contributed by atoms with Gasteiger partial charge < -0.3 is 19.7 Å². The number of hydrogen-bond donors (Lipinski definition) is 1. The molecule has 0 saturated carbocycles. The molecular formula is C24H28N2O3. The van der Waals surface area contributed by atoms with Crippen LogP contribution in [-0.2, 0) is 11.3 Å². The Morgan fingerprint density at radius 1 is 1.00 bits per heavy atom. The zero-order valence-corrected chi connectivity index (χ0v) is 17.1. The summed E-state index contributed by atoms with van der Waals surface area (Å²) in [6, 6.07) is 16.2. The van der Waals surface area contributed by atoms with E-state index >= 15 is 0 Å². The van der Waals surface area contributed by atoms with Crippen LogP contribution in [0.25, 0.3) is 5.57 Å². The minimum atomic E-state index is 0.00166. The van der Waals surface area contributed by atoms with E-state index in [0.29, 0.717) is 6.54 Å². The van der Waals surface area contributed by atoms with Gasteiger partial charge in [0, 0.05) is 19.1 Å². The van der Waals surface area contributed by atoms with Crippen molar-refractivity contribution < 1.29 is 14.3 Å². The van der Waals surface area contributed by atoms with Gasteiger partial charge in [0.05, 0.1) is 20.1 Å². The van der Waals surface area contributed by atoms with Crippen LogP contribution in [-0.4, -0.2) is 44.2 Å². The number of likely N-dealkylation sites (tertiary alicyclic amines) is 1. The Hall–Kier alpha value is -2.79. The first-order valence-electron chi connectivity index (χ1n) is 10.2. The number of nitrogens with zero attached hydrogens (tertiary/aromatic N) is 1. The standard InChI is InChI=1S/C24H28N2O3/c1-28-20-7-3-17(4-8-20)16-26-14-12-22(24(26)27)23-15-19(11-13-25-23)18-5-9-21(29-2)10-6-18/h3-10,15,22-23,25H,11-14,16H2,1-2H3. The highest BCUT2D eigenvalue weighted by molar-refractivity contribution is 5.82. The lowest BCUT2D eigenvalue weighted by Gasteiger charge is -2.27. The van der Waals surface area contributed by atoms with Gasteiger partial charge in [0.15, 0.2) is 0 Å². The highest BCUT2D eigenvalue weighted by Gasteiger charge is 2.37. The Labute approximate surface area is 172 Å². The SMILES string of the molecule is COc1ccc(CN2CCC(C3C=C(c4ccc(OC)cc4)CCN3)C2=O)cc1. The molecule has 2 aromatic rings. The van der Waals surface area contributed by atoms with Crippen molar-refractivity contribution >= 4 is 11.5 Å². The molecule has 1 saturated heterocycles. The summed E-state index contributed by atoms with van der Waals surface area (Å²) in [4.78, 5) is 15.1. The van der Waals surface area contributed by atoms with Gasteiger partial charge in [-0.2, -0.15) is 0 Å². The van der Waals surface area contributed by atoms with Gasteiger partial charge in [-0.05, 0) is 60.4 Å². The molecule has 0 radical (unpaired) electrons. The molecule has 4 rings (SSSR count). The van der Waals surface area contributed by atoms with Crippen LogP contribution in [0.3, 0.4) is 0 Å². The highest BCUT2D eigenvalue weighted by atomic mass is 16.5. The number of benzene rings is 2. The van der Waals surface area contributed by atoms with Crippen LogP contribution >= 0.6 is 0 Å². The van der Waals surface area contributed by atoms with E-state index in [-0.39, 0.29) is 17.9 Å². The van der Waals surface area contributed by atoms with Gasteiger partial charge >= 0.3 is 0 Å². The second-order valence-corrected chi connectivity index (χ2v) is 7.65. The van der Waals surface area contributed by atoms with Crippen LogP contribution in [0.1, 0.15) is 24.0 Å². The maximum Gasteiger partial charge on any atom is 0.227 e. The number of nitrogens with one attached hydrogen (secondary N) is 1. The summed E-state index contributed by atoms with van der Waals surface area (Å²) in [5, 5.41) is 3.55. The molecule has 2 aromatic carbocycles. The normalized spacial score (nSPS) is 21.8. The molecule has 5 heteroatoms. The maximum atomic E-state index is 13.1. The molecule has 29 heavy (non-hydrogen) atoms. The van der Waals surface area contributed by atoms with E-state index in [0.717, 1.165) is 43.0 Å². The zero-order valence-electron chi connectivity index (χ0n) is 17.1. The van der Waals surface area contributed by atoms with Crippen molar-refractivity contribution in [3.63, 3.8) is 0 Å². The summed E-state index contributed by atoms with van der Waals surface area (Å²) in [5.41, 5.74) is 3.64. The van der Waals surface area contributed by atoms with Crippen molar-refractivity contribution in [1.82, 2.24) is 10.2 Å². The van der Waals surface area contributed by atoms with Gasteiger partial charge in [0.1, 0.15) is 11.5 Å². The molecule has 152 valence electrons. The van der Waals surface area contributed by atoms with E-state index in [2.05, 4.69) is 23.5 Å². The molecule has 1 fully saturated rings. The summed E-state index contributed by atoms with van der Waals surface area (Å²) >= 11 is 0. The van der Waals surface area contributed by atoms with Crippen LogP contribution < -0.4 is 14.8 Å². The van der Waals surface area contributed by atoms with Crippen LogP contribution in [0.4, 0.5) is 0 Å². The minimum Gasteiger partial charge on any atom is -0.497 e. The second kappa shape index (κ2) is 8.70. The van der Waals surface area contributed by atoms with Crippen LogP contribution in [0, 0.1) is 5.92 Å². The number of hydrogen-bond acceptors (Lipinski definition) is 4. The van der Waals surface area contributed by atoms with E-state index in [1.54, 1.807) is 14.2 Å². The van der Waals surface area contributed by atoms with E-state index in [9.17, 15) is 4.79 Å². The van der Waals surface area contributed by atoms with Crippen molar-refractivity contribution in [1.29, 1.82) is 0 Å². The van der Waals surface area contributed by atoms with E-state index in [1.807, 2.05) is 41.3 Å². The summed E-state index contributed by atoms with van der Waals surface area (Å²) in [6.45, 7) is 2.35. The summed E-state index contributed by atoms with van der Waals surface area (Å²) in [6.07, 6.45) is 4.11. The van der Waals surface area contributed by atoms with Gasteiger partial charge in [-0.15, -0.1) is 0 Å². The number of ether oxygens (including phenoxy) is 2. The van der Waals surface area contributed by atoms with Gasteiger partial charge in [-0.1, -0.05) is 30.3 Å². The Morgan fingerprint density at radius 3 is 2.31 bits per heavy atom. The molecule has 0 bridgehead atoms. The average molecular weight is 392 g/mol. The first-order chi connectivity index (χ1) is 14.2. The Kier molecular flexibility index (Phi) is 5.86. The summed E-state index contributed by atoms with van der Waals surface area (Å²) in [5.74, 6) is 1.94. The van der Waals surface area contributed by atoms with Gasteiger partial charge in [-0.3, -0.25) is 4.79 Å². The number of methoxy groups -OCH3 is 2. The number of carbonyl (C=O) groups is 1. The molecule has 2 atom stereocenters. The number of amides is 1. The average Bonchev–Trinajstić information content (AvgIpc) is 3.14. The molecule has 5 nitrogen and oxygen atoms in total. The van der Waals surface area contributed by atoms with E-state index < -0.39 is 0 Å². The van der Waals surface area contributed by atoms with Gasteiger partial charge in [0.2, 0.25) is 5.91 Å². The molecular weight excluding hydrogens is 364 g/mol. The van der Waals surface area contributed by atoms with Gasteiger partial charge in [0.25, 0.3) is 0 Å². The van der Waals surface area contributed by atoms with E-state index in [4.69, 9.17) is 9.47 Å². The fraction of sp³-hybridized carbons (Fsp3) is 0.375.